The van der Waals surface area contributed by atoms with Gasteiger partial charge in [-0.2, -0.15) is 0 Å². The van der Waals surface area contributed by atoms with Crippen LogP contribution in [0.25, 0.3) is 0 Å². The number of nitrogens with one attached hydrogen (secondary N) is 1. The molecule has 3 amide bonds. The first kappa shape index (κ1) is 17.9. The molecule has 0 bridgehead atoms. The van der Waals surface area contributed by atoms with Crippen LogP contribution < -0.4 is 10.2 Å². The molecule has 0 saturated carbocycles. The van der Waals surface area contributed by atoms with E-state index in [0.717, 1.165) is 17.5 Å². The predicted molar refractivity (Wildman–Crippen MR) is 101 cm³/mol. The second-order valence-electron chi connectivity index (χ2n) is 6.78. The maximum absolute atomic E-state index is 12.9. The van der Waals surface area contributed by atoms with Crippen molar-refractivity contribution in [3.63, 3.8) is 0 Å². The highest BCUT2D eigenvalue weighted by atomic mass is 16.2. The molecule has 1 heterocycles. The average molecular weight is 350 g/mol. The first-order valence-electron chi connectivity index (χ1n) is 8.74. The molecular weight excluding hydrogens is 328 g/mol. The number of hydrogen-bond donors (Lipinski definition) is 1. The number of nitrogens with zero attached hydrogens (tertiary/aromatic N) is 1. The molecular formula is C21H22N2O3. The minimum absolute atomic E-state index is 0.0412. The number of amides is 3. The molecule has 1 aliphatic heterocycles. The Labute approximate surface area is 153 Å². The Kier molecular flexibility index (Phi) is 4.64. The van der Waals surface area contributed by atoms with Crippen LogP contribution in [0.1, 0.15) is 62.5 Å². The van der Waals surface area contributed by atoms with Gasteiger partial charge in [0.2, 0.25) is 0 Å². The van der Waals surface area contributed by atoms with Gasteiger partial charge >= 0.3 is 0 Å². The standard InChI is InChI=1S/C21H22N2O3/c1-5-14(4)22-19(24)15-8-9-16-17(11-15)21(26)23(20(16)25)18-10-12(2)6-7-13(18)3/h6-11,14H,5H2,1-4H3,(H,22,24). The number of carbonyl (C=O) groups excluding carboxylic acids is 3. The lowest BCUT2D eigenvalue weighted by Gasteiger charge is -2.17. The number of benzene rings is 2. The van der Waals surface area contributed by atoms with Crippen LogP contribution in [-0.2, 0) is 0 Å². The SMILES string of the molecule is CCC(C)NC(=O)c1ccc2c(c1)C(=O)N(c1cc(C)ccc1C)C2=O. The molecule has 1 aliphatic rings. The minimum atomic E-state index is -0.392. The van der Waals surface area contributed by atoms with Crippen LogP contribution in [-0.4, -0.2) is 23.8 Å². The van der Waals surface area contributed by atoms with Gasteiger partial charge in [-0.25, -0.2) is 4.90 Å². The monoisotopic (exact) mass is 350 g/mol. The number of anilines is 1. The van der Waals surface area contributed by atoms with E-state index < -0.39 is 5.91 Å². The van der Waals surface area contributed by atoms with Crippen molar-refractivity contribution >= 4 is 23.4 Å². The molecule has 3 rings (SSSR count). The third kappa shape index (κ3) is 3.01. The van der Waals surface area contributed by atoms with E-state index in [1.54, 1.807) is 12.1 Å². The number of aryl methyl sites for hydroxylation is 2. The first-order valence-corrected chi connectivity index (χ1v) is 8.74. The average Bonchev–Trinajstić information content (AvgIpc) is 2.87. The zero-order chi connectivity index (χ0) is 19.0. The summed E-state index contributed by atoms with van der Waals surface area (Å²) in [7, 11) is 0. The summed E-state index contributed by atoms with van der Waals surface area (Å²) in [5.41, 5.74) is 3.38. The number of hydrogen-bond acceptors (Lipinski definition) is 3. The number of imide groups is 1. The Morgan fingerprint density at radius 3 is 2.42 bits per heavy atom. The number of fused-ring (bicyclic) bond motifs is 1. The summed E-state index contributed by atoms with van der Waals surface area (Å²) in [6.45, 7) is 7.68. The molecule has 0 radical (unpaired) electrons. The van der Waals surface area contributed by atoms with Gasteiger partial charge in [0.25, 0.3) is 17.7 Å². The van der Waals surface area contributed by atoms with Crippen molar-refractivity contribution < 1.29 is 14.4 Å². The van der Waals surface area contributed by atoms with Gasteiger partial charge in [0.05, 0.1) is 16.8 Å². The van der Waals surface area contributed by atoms with Gasteiger partial charge in [-0.1, -0.05) is 19.1 Å². The molecule has 0 aromatic heterocycles. The van der Waals surface area contributed by atoms with E-state index in [9.17, 15) is 14.4 Å². The van der Waals surface area contributed by atoms with Gasteiger partial charge < -0.3 is 5.32 Å². The van der Waals surface area contributed by atoms with Crippen LogP contribution in [0.15, 0.2) is 36.4 Å². The zero-order valence-electron chi connectivity index (χ0n) is 15.4. The Balaban J connectivity index is 1.98. The Morgan fingerprint density at radius 1 is 1.04 bits per heavy atom. The highest BCUT2D eigenvalue weighted by molar-refractivity contribution is 6.35. The largest absolute Gasteiger partial charge is 0.350 e. The summed E-state index contributed by atoms with van der Waals surface area (Å²) in [5.74, 6) is -0.989. The van der Waals surface area contributed by atoms with E-state index >= 15 is 0 Å². The third-order valence-corrected chi connectivity index (χ3v) is 4.74. The quantitative estimate of drug-likeness (QED) is 0.856. The second-order valence-corrected chi connectivity index (χ2v) is 6.78. The maximum atomic E-state index is 12.9. The summed E-state index contributed by atoms with van der Waals surface area (Å²) < 4.78 is 0. The van der Waals surface area contributed by atoms with Crippen LogP contribution in [0.3, 0.4) is 0 Å². The van der Waals surface area contributed by atoms with Crippen molar-refractivity contribution in [3.8, 4) is 0 Å². The lowest BCUT2D eigenvalue weighted by Crippen LogP contribution is -2.32. The Bertz CT molecular complexity index is 917. The minimum Gasteiger partial charge on any atom is -0.350 e. The predicted octanol–water partition coefficient (Wildman–Crippen LogP) is 3.63. The molecule has 2 aromatic rings. The van der Waals surface area contributed by atoms with Gasteiger partial charge in [-0.05, 0) is 62.6 Å². The fourth-order valence-corrected chi connectivity index (χ4v) is 2.97. The lowest BCUT2D eigenvalue weighted by atomic mass is 10.0. The fraction of sp³-hybridized carbons (Fsp3) is 0.286. The summed E-state index contributed by atoms with van der Waals surface area (Å²) in [6.07, 6.45) is 0.814. The van der Waals surface area contributed by atoms with Gasteiger partial charge in [0.15, 0.2) is 0 Å². The normalized spacial score (nSPS) is 14.4. The fourth-order valence-electron chi connectivity index (χ4n) is 2.97. The summed E-state index contributed by atoms with van der Waals surface area (Å²) in [5, 5.41) is 2.87. The number of rotatable bonds is 4. The summed E-state index contributed by atoms with van der Waals surface area (Å²) in [6, 6.07) is 10.4. The summed E-state index contributed by atoms with van der Waals surface area (Å²) >= 11 is 0. The van der Waals surface area contributed by atoms with Gasteiger partial charge in [-0.15, -0.1) is 0 Å². The van der Waals surface area contributed by atoms with E-state index in [0.29, 0.717) is 16.8 Å². The van der Waals surface area contributed by atoms with Crippen molar-refractivity contribution in [2.45, 2.75) is 40.2 Å². The van der Waals surface area contributed by atoms with Crippen molar-refractivity contribution in [3.05, 3.63) is 64.2 Å². The van der Waals surface area contributed by atoms with E-state index in [2.05, 4.69) is 5.32 Å². The van der Waals surface area contributed by atoms with Gasteiger partial charge in [0.1, 0.15) is 0 Å². The molecule has 1 unspecified atom stereocenters. The molecule has 134 valence electrons. The molecule has 0 fully saturated rings. The zero-order valence-corrected chi connectivity index (χ0v) is 15.4. The van der Waals surface area contributed by atoms with Crippen molar-refractivity contribution in [1.82, 2.24) is 5.32 Å². The Morgan fingerprint density at radius 2 is 1.73 bits per heavy atom. The van der Waals surface area contributed by atoms with Crippen molar-refractivity contribution in [2.75, 3.05) is 4.90 Å². The van der Waals surface area contributed by atoms with E-state index in [4.69, 9.17) is 0 Å². The smallest absolute Gasteiger partial charge is 0.266 e. The molecule has 0 saturated heterocycles. The van der Waals surface area contributed by atoms with Crippen LogP contribution in [0.2, 0.25) is 0 Å². The van der Waals surface area contributed by atoms with Crippen LogP contribution >= 0.6 is 0 Å². The molecule has 26 heavy (non-hydrogen) atoms. The van der Waals surface area contributed by atoms with Crippen LogP contribution in [0, 0.1) is 13.8 Å². The van der Waals surface area contributed by atoms with E-state index in [1.807, 2.05) is 45.9 Å². The van der Waals surface area contributed by atoms with Gasteiger partial charge in [0, 0.05) is 11.6 Å². The molecule has 5 nitrogen and oxygen atoms in total. The van der Waals surface area contributed by atoms with Crippen molar-refractivity contribution in [1.29, 1.82) is 0 Å². The molecule has 2 aromatic carbocycles. The molecule has 5 heteroatoms. The second kappa shape index (κ2) is 6.75. The maximum Gasteiger partial charge on any atom is 0.266 e. The topological polar surface area (TPSA) is 66.5 Å². The highest BCUT2D eigenvalue weighted by Gasteiger charge is 2.37. The third-order valence-electron chi connectivity index (χ3n) is 4.74. The summed E-state index contributed by atoms with van der Waals surface area (Å²) in [4.78, 5) is 39.2. The number of carbonyl (C=O) groups is 3. The van der Waals surface area contributed by atoms with E-state index in [1.165, 1.54) is 11.0 Å². The first-order chi connectivity index (χ1) is 12.3. The molecule has 0 spiro atoms. The van der Waals surface area contributed by atoms with E-state index in [-0.39, 0.29) is 23.4 Å². The Hall–Kier alpha value is -2.95. The highest BCUT2D eigenvalue weighted by Crippen LogP contribution is 2.31. The van der Waals surface area contributed by atoms with Gasteiger partial charge in [-0.3, -0.25) is 14.4 Å². The molecule has 1 N–H and O–H groups in total. The van der Waals surface area contributed by atoms with Crippen molar-refractivity contribution in [2.24, 2.45) is 0 Å². The molecule has 1 atom stereocenters. The van der Waals surface area contributed by atoms with Crippen LogP contribution in [0.4, 0.5) is 5.69 Å². The van der Waals surface area contributed by atoms with Crippen LogP contribution in [0.5, 0.6) is 0 Å². The molecule has 0 aliphatic carbocycles. The lowest BCUT2D eigenvalue weighted by molar-refractivity contribution is 0.0921.